The SMILES string of the molecule is O=C(O)/C=C/C(=O)OC1(c2ccc(C(F)(F)F)cc2)CC(F)(F)C1. The summed E-state index contributed by atoms with van der Waals surface area (Å²) in [5.41, 5.74) is -2.77. The van der Waals surface area contributed by atoms with Gasteiger partial charge < -0.3 is 9.84 Å². The Bertz CT molecular complexity index is 668. The third-order valence-electron chi connectivity index (χ3n) is 3.48. The molecule has 2 rings (SSSR count). The standard InChI is InChI=1S/C15H11F5O4/c16-14(17)7-13(8-14,24-12(23)6-5-11(21)22)9-1-3-10(4-2-9)15(18,19)20/h1-6H,7-8H2,(H,21,22)/b6-5+. The molecule has 0 aromatic heterocycles. The summed E-state index contributed by atoms with van der Waals surface area (Å²) < 4.78 is 69.1. The number of esters is 1. The third-order valence-corrected chi connectivity index (χ3v) is 3.48. The van der Waals surface area contributed by atoms with E-state index in [0.29, 0.717) is 24.3 Å². The van der Waals surface area contributed by atoms with Crippen molar-refractivity contribution in [2.24, 2.45) is 0 Å². The van der Waals surface area contributed by atoms with Crippen molar-refractivity contribution in [3.63, 3.8) is 0 Å². The van der Waals surface area contributed by atoms with Crippen LogP contribution in [0.4, 0.5) is 22.0 Å². The molecule has 1 saturated carbocycles. The van der Waals surface area contributed by atoms with Gasteiger partial charge in [-0.15, -0.1) is 0 Å². The van der Waals surface area contributed by atoms with E-state index >= 15 is 0 Å². The Labute approximate surface area is 132 Å². The fourth-order valence-corrected chi connectivity index (χ4v) is 2.45. The van der Waals surface area contributed by atoms with E-state index in [4.69, 9.17) is 9.84 Å². The van der Waals surface area contributed by atoms with Gasteiger partial charge in [-0.2, -0.15) is 13.2 Å². The fourth-order valence-electron chi connectivity index (χ4n) is 2.45. The number of halogens is 5. The van der Waals surface area contributed by atoms with Crippen LogP contribution in [0.1, 0.15) is 24.0 Å². The molecule has 0 bridgehead atoms. The minimum Gasteiger partial charge on any atom is -0.478 e. The van der Waals surface area contributed by atoms with Crippen LogP contribution in [0.3, 0.4) is 0 Å². The van der Waals surface area contributed by atoms with Crippen molar-refractivity contribution in [2.45, 2.75) is 30.5 Å². The van der Waals surface area contributed by atoms with Crippen LogP contribution >= 0.6 is 0 Å². The molecular weight excluding hydrogens is 339 g/mol. The maximum absolute atomic E-state index is 13.3. The lowest BCUT2D eigenvalue weighted by Gasteiger charge is -2.46. The lowest BCUT2D eigenvalue weighted by atomic mass is 9.71. The first-order chi connectivity index (χ1) is 10.9. The molecule has 1 aliphatic carbocycles. The Balaban J connectivity index is 2.26. The van der Waals surface area contributed by atoms with E-state index in [1.54, 1.807) is 0 Å². The second-order valence-corrected chi connectivity index (χ2v) is 5.37. The molecule has 1 aromatic rings. The van der Waals surface area contributed by atoms with Crippen molar-refractivity contribution < 1.29 is 41.4 Å². The highest BCUT2D eigenvalue weighted by atomic mass is 19.4. The Morgan fingerprint density at radius 1 is 1.08 bits per heavy atom. The highest BCUT2D eigenvalue weighted by Gasteiger charge is 2.60. The quantitative estimate of drug-likeness (QED) is 0.513. The smallest absolute Gasteiger partial charge is 0.416 e. The number of hydrogen-bond donors (Lipinski definition) is 1. The molecule has 0 amide bonds. The van der Waals surface area contributed by atoms with Crippen LogP contribution in [0, 0.1) is 0 Å². The molecule has 0 aliphatic heterocycles. The first kappa shape index (κ1) is 17.9. The number of benzene rings is 1. The maximum atomic E-state index is 13.3. The number of carboxylic acid groups (broad SMARTS) is 1. The Morgan fingerprint density at radius 2 is 1.62 bits per heavy atom. The molecule has 0 heterocycles. The van der Waals surface area contributed by atoms with E-state index in [9.17, 15) is 31.5 Å². The van der Waals surface area contributed by atoms with Crippen molar-refractivity contribution in [2.75, 3.05) is 0 Å². The zero-order valence-electron chi connectivity index (χ0n) is 11.9. The molecule has 0 radical (unpaired) electrons. The van der Waals surface area contributed by atoms with Crippen molar-refractivity contribution >= 4 is 11.9 Å². The molecule has 0 saturated heterocycles. The predicted octanol–water partition coefficient (Wildman–Crippen LogP) is 3.51. The Kier molecular flexibility index (Phi) is 4.38. The summed E-state index contributed by atoms with van der Waals surface area (Å²) in [4.78, 5) is 21.9. The van der Waals surface area contributed by atoms with Gasteiger partial charge >= 0.3 is 18.1 Å². The van der Waals surface area contributed by atoms with Crippen molar-refractivity contribution in [3.8, 4) is 0 Å². The molecular formula is C15H11F5O4. The molecule has 0 unspecified atom stereocenters. The summed E-state index contributed by atoms with van der Waals surface area (Å²) >= 11 is 0. The molecule has 9 heteroatoms. The summed E-state index contributed by atoms with van der Waals surface area (Å²) in [5, 5.41) is 8.42. The monoisotopic (exact) mass is 350 g/mol. The zero-order chi connectivity index (χ0) is 18.2. The number of hydrogen-bond acceptors (Lipinski definition) is 3. The molecule has 130 valence electrons. The van der Waals surface area contributed by atoms with Gasteiger partial charge in [-0.25, -0.2) is 18.4 Å². The van der Waals surface area contributed by atoms with Gasteiger partial charge in [0.2, 0.25) is 0 Å². The number of carbonyl (C=O) groups is 2. The van der Waals surface area contributed by atoms with Gasteiger partial charge in [-0.1, -0.05) is 12.1 Å². The van der Waals surface area contributed by atoms with Gasteiger partial charge in [0.1, 0.15) is 5.60 Å². The highest BCUT2D eigenvalue weighted by molar-refractivity contribution is 5.91. The average molecular weight is 350 g/mol. The molecule has 0 atom stereocenters. The predicted molar refractivity (Wildman–Crippen MR) is 70.2 cm³/mol. The molecule has 0 spiro atoms. The number of carbonyl (C=O) groups excluding carboxylic acids is 1. The van der Waals surface area contributed by atoms with E-state index in [1.165, 1.54) is 0 Å². The fraction of sp³-hybridized carbons (Fsp3) is 0.333. The largest absolute Gasteiger partial charge is 0.478 e. The Hall–Kier alpha value is -2.45. The summed E-state index contributed by atoms with van der Waals surface area (Å²) in [7, 11) is 0. The minimum absolute atomic E-state index is 0.0153. The second-order valence-electron chi connectivity index (χ2n) is 5.37. The number of rotatable bonds is 4. The van der Waals surface area contributed by atoms with Crippen molar-refractivity contribution in [3.05, 3.63) is 47.5 Å². The number of aliphatic carboxylic acids is 1. The third kappa shape index (κ3) is 3.90. The van der Waals surface area contributed by atoms with Crippen molar-refractivity contribution in [1.29, 1.82) is 0 Å². The van der Waals surface area contributed by atoms with Crippen LogP contribution in [0.25, 0.3) is 0 Å². The van der Waals surface area contributed by atoms with Crippen LogP contribution in [-0.4, -0.2) is 23.0 Å². The van der Waals surface area contributed by atoms with Crippen LogP contribution in [0.2, 0.25) is 0 Å². The van der Waals surface area contributed by atoms with Crippen LogP contribution in [0.5, 0.6) is 0 Å². The molecule has 1 aromatic carbocycles. The van der Waals surface area contributed by atoms with Gasteiger partial charge in [0, 0.05) is 12.2 Å². The number of carboxylic acids is 1. The van der Waals surface area contributed by atoms with Gasteiger partial charge in [0.05, 0.1) is 18.4 Å². The molecule has 4 nitrogen and oxygen atoms in total. The van der Waals surface area contributed by atoms with Crippen LogP contribution in [-0.2, 0) is 26.1 Å². The van der Waals surface area contributed by atoms with E-state index in [0.717, 1.165) is 12.1 Å². The maximum Gasteiger partial charge on any atom is 0.416 e. The molecule has 24 heavy (non-hydrogen) atoms. The number of alkyl halides is 5. The van der Waals surface area contributed by atoms with Gasteiger partial charge in [-0.3, -0.25) is 0 Å². The number of ether oxygens (including phenoxy) is 1. The molecule has 1 N–H and O–H groups in total. The Morgan fingerprint density at radius 3 is 2.04 bits per heavy atom. The molecule has 1 fully saturated rings. The summed E-state index contributed by atoms with van der Waals surface area (Å²) in [6, 6.07) is 3.33. The van der Waals surface area contributed by atoms with Gasteiger partial charge in [-0.05, 0) is 17.7 Å². The van der Waals surface area contributed by atoms with E-state index < -0.39 is 48.0 Å². The summed E-state index contributed by atoms with van der Waals surface area (Å²) in [6.45, 7) is 0. The first-order valence-electron chi connectivity index (χ1n) is 6.63. The van der Waals surface area contributed by atoms with E-state index in [-0.39, 0.29) is 5.56 Å². The lowest BCUT2D eigenvalue weighted by molar-refractivity contribution is -0.228. The van der Waals surface area contributed by atoms with Gasteiger partial charge in [0.25, 0.3) is 5.92 Å². The van der Waals surface area contributed by atoms with Gasteiger partial charge in [0.15, 0.2) is 0 Å². The average Bonchev–Trinajstić information content (AvgIpc) is 2.42. The zero-order valence-corrected chi connectivity index (χ0v) is 11.9. The highest BCUT2D eigenvalue weighted by Crippen LogP contribution is 2.54. The summed E-state index contributed by atoms with van der Waals surface area (Å²) in [5.74, 6) is -5.73. The van der Waals surface area contributed by atoms with Crippen molar-refractivity contribution in [1.82, 2.24) is 0 Å². The molecule has 1 aliphatic rings. The topological polar surface area (TPSA) is 63.6 Å². The van der Waals surface area contributed by atoms with Crippen LogP contribution in [0.15, 0.2) is 36.4 Å². The van der Waals surface area contributed by atoms with E-state index in [2.05, 4.69) is 0 Å². The van der Waals surface area contributed by atoms with Crippen LogP contribution < -0.4 is 0 Å². The van der Waals surface area contributed by atoms with E-state index in [1.807, 2.05) is 0 Å². The lowest BCUT2D eigenvalue weighted by Crippen LogP contribution is -2.52. The minimum atomic E-state index is -4.59. The summed E-state index contributed by atoms with van der Waals surface area (Å²) in [6.07, 6.45) is -5.35. The second kappa shape index (κ2) is 5.88. The first-order valence-corrected chi connectivity index (χ1v) is 6.63. The normalized spacial score (nSPS) is 18.9.